The van der Waals surface area contributed by atoms with Crippen molar-refractivity contribution in [3.63, 3.8) is 0 Å². The van der Waals surface area contributed by atoms with Gasteiger partial charge in [-0.25, -0.2) is 9.98 Å². The molecule has 0 radical (unpaired) electrons. The molecule has 1 aliphatic carbocycles. The molecule has 0 bridgehead atoms. The highest BCUT2D eigenvalue weighted by atomic mass is 35.5. The Morgan fingerprint density at radius 1 is 1.30 bits per heavy atom. The van der Waals surface area contributed by atoms with Crippen LogP contribution in [0.1, 0.15) is 36.7 Å². The van der Waals surface area contributed by atoms with Gasteiger partial charge in [0.05, 0.1) is 6.54 Å². The maximum atomic E-state index is 12.6. The van der Waals surface area contributed by atoms with Crippen LogP contribution >= 0.6 is 11.6 Å². The number of hydrogen-bond donors (Lipinski definition) is 2. The van der Waals surface area contributed by atoms with Crippen LogP contribution in [-0.2, 0) is 6.54 Å². The van der Waals surface area contributed by atoms with Gasteiger partial charge in [0.1, 0.15) is 6.17 Å². The summed E-state index contributed by atoms with van der Waals surface area (Å²) in [5, 5.41) is 7.31. The Morgan fingerprint density at radius 2 is 2.11 bits per heavy atom. The number of hydrogen-bond acceptors (Lipinski definition) is 3. The van der Waals surface area contributed by atoms with Crippen LogP contribution in [0.25, 0.3) is 0 Å². The molecule has 4 rings (SSSR count). The van der Waals surface area contributed by atoms with Gasteiger partial charge in [0.25, 0.3) is 5.56 Å². The summed E-state index contributed by atoms with van der Waals surface area (Å²) < 4.78 is 1.72. The van der Waals surface area contributed by atoms with Gasteiger partial charge in [0.15, 0.2) is 5.96 Å². The lowest BCUT2D eigenvalue weighted by molar-refractivity contribution is 0.276. The van der Waals surface area contributed by atoms with Gasteiger partial charge >= 0.3 is 0 Å². The van der Waals surface area contributed by atoms with Crippen molar-refractivity contribution in [1.29, 1.82) is 0 Å². The van der Waals surface area contributed by atoms with Gasteiger partial charge in [0, 0.05) is 22.7 Å². The summed E-state index contributed by atoms with van der Waals surface area (Å²) in [4.78, 5) is 21.8. The summed E-state index contributed by atoms with van der Waals surface area (Å²) in [5.74, 6) is 1.51. The molecule has 0 saturated heterocycles. The number of halogens is 1. The minimum absolute atomic E-state index is 0.0474. The zero-order valence-corrected chi connectivity index (χ0v) is 15.9. The highest BCUT2D eigenvalue weighted by Crippen LogP contribution is 2.30. The number of aliphatic imine (C=N–C) groups is 1. The molecular weight excluding hydrogens is 362 g/mol. The fraction of sp³-hybridized carbons (Fsp3) is 0.350. The summed E-state index contributed by atoms with van der Waals surface area (Å²) >= 11 is 5.94. The monoisotopic (exact) mass is 383 g/mol. The molecule has 27 heavy (non-hydrogen) atoms. The van der Waals surface area contributed by atoms with E-state index in [0.29, 0.717) is 35.1 Å². The maximum Gasteiger partial charge on any atom is 0.256 e. The molecule has 1 aromatic carbocycles. The molecule has 2 aliphatic rings. The number of guanidine groups is 1. The van der Waals surface area contributed by atoms with Gasteiger partial charge in [-0.05, 0) is 43.9 Å². The SMILES string of the molecule is Cc1cc(=O)n2c(n1)NC(=NCc1ccc(Cl)cc1)N[C@H]2[C@@H]1CC=CCC1. The van der Waals surface area contributed by atoms with E-state index >= 15 is 0 Å². The van der Waals surface area contributed by atoms with E-state index in [1.807, 2.05) is 31.2 Å². The van der Waals surface area contributed by atoms with Gasteiger partial charge in [-0.3, -0.25) is 14.7 Å². The van der Waals surface area contributed by atoms with E-state index in [1.54, 1.807) is 10.6 Å². The molecule has 2 N–H and O–H groups in total. The molecule has 0 amide bonds. The minimum Gasteiger partial charge on any atom is -0.335 e. The van der Waals surface area contributed by atoms with Gasteiger partial charge < -0.3 is 5.32 Å². The topological polar surface area (TPSA) is 71.3 Å². The van der Waals surface area contributed by atoms with Crippen LogP contribution in [0.3, 0.4) is 0 Å². The van der Waals surface area contributed by atoms with Crippen molar-refractivity contribution in [3.05, 3.63) is 69.1 Å². The number of fused-ring (bicyclic) bond motifs is 1. The Balaban J connectivity index is 1.65. The van der Waals surface area contributed by atoms with Gasteiger partial charge in [-0.15, -0.1) is 0 Å². The van der Waals surface area contributed by atoms with Crippen LogP contribution in [0.15, 0.2) is 52.3 Å². The van der Waals surface area contributed by atoms with Crippen LogP contribution in [0.4, 0.5) is 5.95 Å². The Morgan fingerprint density at radius 3 is 2.85 bits per heavy atom. The Hall–Kier alpha value is -2.60. The van der Waals surface area contributed by atoms with Crippen molar-refractivity contribution in [3.8, 4) is 0 Å². The van der Waals surface area contributed by atoms with E-state index in [9.17, 15) is 4.79 Å². The maximum absolute atomic E-state index is 12.6. The first-order chi connectivity index (χ1) is 13.1. The fourth-order valence-electron chi connectivity index (χ4n) is 3.59. The summed E-state index contributed by atoms with van der Waals surface area (Å²) in [6, 6.07) is 9.21. The Bertz CT molecular complexity index is 948. The number of benzene rings is 1. The van der Waals surface area contributed by atoms with E-state index in [1.165, 1.54) is 0 Å². The lowest BCUT2D eigenvalue weighted by atomic mass is 9.91. The number of aromatic nitrogens is 2. The number of anilines is 1. The Kier molecular flexibility index (Phi) is 4.99. The van der Waals surface area contributed by atoms with E-state index in [2.05, 4.69) is 32.8 Å². The molecule has 2 aromatic rings. The molecule has 0 spiro atoms. The van der Waals surface area contributed by atoms with Gasteiger partial charge in [0.2, 0.25) is 5.95 Å². The normalized spacial score (nSPS) is 22.8. The summed E-state index contributed by atoms with van der Waals surface area (Å²) in [6.07, 6.45) is 7.21. The van der Waals surface area contributed by atoms with Crippen LogP contribution in [0.5, 0.6) is 0 Å². The predicted octanol–water partition coefficient (Wildman–Crippen LogP) is 3.63. The van der Waals surface area contributed by atoms with Crippen LogP contribution in [0, 0.1) is 12.8 Å². The van der Waals surface area contributed by atoms with E-state index in [-0.39, 0.29) is 11.7 Å². The smallest absolute Gasteiger partial charge is 0.256 e. The van der Waals surface area contributed by atoms with E-state index in [4.69, 9.17) is 11.6 Å². The van der Waals surface area contributed by atoms with Crippen molar-refractivity contribution in [2.45, 2.75) is 38.9 Å². The van der Waals surface area contributed by atoms with E-state index in [0.717, 1.165) is 24.8 Å². The molecule has 0 unspecified atom stereocenters. The summed E-state index contributed by atoms with van der Waals surface area (Å²) in [6.45, 7) is 2.34. The highest BCUT2D eigenvalue weighted by Gasteiger charge is 2.31. The van der Waals surface area contributed by atoms with Crippen molar-refractivity contribution < 1.29 is 0 Å². The average molecular weight is 384 g/mol. The zero-order valence-electron chi connectivity index (χ0n) is 15.2. The third kappa shape index (κ3) is 3.90. The predicted molar refractivity (Wildman–Crippen MR) is 108 cm³/mol. The minimum atomic E-state index is -0.157. The quantitative estimate of drug-likeness (QED) is 0.794. The van der Waals surface area contributed by atoms with Crippen molar-refractivity contribution in [2.24, 2.45) is 10.9 Å². The van der Waals surface area contributed by atoms with Crippen molar-refractivity contribution in [1.82, 2.24) is 14.9 Å². The second-order valence-electron chi connectivity index (χ2n) is 6.98. The van der Waals surface area contributed by atoms with Crippen LogP contribution in [-0.4, -0.2) is 15.5 Å². The van der Waals surface area contributed by atoms with Gasteiger partial charge in [-0.2, -0.15) is 0 Å². The summed E-state index contributed by atoms with van der Waals surface area (Å²) in [7, 11) is 0. The molecule has 6 nitrogen and oxygen atoms in total. The largest absolute Gasteiger partial charge is 0.335 e. The Labute approximate surface area is 163 Å². The standard InChI is InChI=1S/C20H22ClN5O/c1-13-11-17(27)26-18(15-5-3-2-4-6-15)24-19(25-20(26)23-13)22-12-14-7-9-16(21)10-8-14/h2-3,7-11,15,18H,4-6,12H2,1H3,(H2,22,23,24,25)/t15-,18-/m1/s1. The molecule has 2 heterocycles. The molecule has 7 heteroatoms. The first-order valence-electron chi connectivity index (χ1n) is 9.18. The molecule has 0 saturated carbocycles. The zero-order chi connectivity index (χ0) is 18.8. The highest BCUT2D eigenvalue weighted by molar-refractivity contribution is 6.30. The summed E-state index contributed by atoms with van der Waals surface area (Å²) in [5.41, 5.74) is 1.71. The number of nitrogens with zero attached hydrogens (tertiary/aromatic N) is 3. The third-order valence-electron chi connectivity index (χ3n) is 4.96. The molecule has 140 valence electrons. The first kappa shape index (κ1) is 17.8. The van der Waals surface area contributed by atoms with Crippen LogP contribution < -0.4 is 16.2 Å². The lowest BCUT2D eigenvalue weighted by Crippen LogP contribution is -2.50. The molecule has 2 atom stereocenters. The first-order valence-corrected chi connectivity index (χ1v) is 9.55. The molecule has 1 aliphatic heterocycles. The second kappa shape index (κ2) is 7.56. The number of nitrogens with one attached hydrogen (secondary N) is 2. The number of allylic oxidation sites excluding steroid dienone is 2. The van der Waals surface area contributed by atoms with Gasteiger partial charge in [-0.1, -0.05) is 35.9 Å². The number of rotatable bonds is 3. The molecule has 1 aromatic heterocycles. The van der Waals surface area contributed by atoms with Crippen molar-refractivity contribution >= 4 is 23.5 Å². The second-order valence-corrected chi connectivity index (χ2v) is 7.42. The van der Waals surface area contributed by atoms with Crippen LogP contribution in [0.2, 0.25) is 5.02 Å². The van der Waals surface area contributed by atoms with Crippen molar-refractivity contribution in [2.75, 3.05) is 5.32 Å². The third-order valence-corrected chi connectivity index (χ3v) is 5.21. The lowest BCUT2D eigenvalue weighted by Gasteiger charge is -2.36. The fourth-order valence-corrected chi connectivity index (χ4v) is 3.71. The molecular formula is C20H22ClN5O. The van der Waals surface area contributed by atoms with E-state index < -0.39 is 0 Å². The number of aryl methyl sites for hydroxylation is 1. The molecule has 0 fully saturated rings. The average Bonchev–Trinajstić information content (AvgIpc) is 2.67.